The van der Waals surface area contributed by atoms with Gasteiger partial charge in [0.25, 0.3) is 11.5 Å². The van der Waals surface area contributed by atoms with Crippen molar-refractivity contribution in [2.24, 2.45) is 0 Å². The van der Waals surface area contributed by atoms with Crippen LogP contribution >= 0.6 is 0 Å². The number of nitrogens with zero attached hydrogens (tertiary/aromatic N) is 3. The van der Waals surface area contributed by atoms with Gasteiger partial charge in [-0.3, -0.25) is 19.5 Å². The molecule has 7 nitrogen and oxygen atoms in total. The van der Waals surface area contributed by atoms with Gasteiger partial charge in [-0.2, -0.15) is 0 Å². The lowest BCUT2D eigenvalue weighted by Crippen LogP contribution is -2.52. The number of H-pyrrole nitrogens is 1. The molecule has 1 fully saturated rings. The van der Waals surface area contributed by atoms with Gasteiger partial charge in [0.15, 0.2) is 0 Å². The Morgan fingerprint density at radius 1 is 1.37 bits per heavy atom. The maximum Gasteiger partial charge on any atom is 0.266 e. The first-order valence-electron chi connectivity index (χ1n) is 8.35. The monoisotopic (exact) mass is 381 g/mol. The van der Waals surface area contributed by atoms with Crippen molar-refractivity contribution in [1.82, 2.24) is 19.9 Å². The first-order chi connectivity index (χ1) is 12.8. The number of carbonyl (C=O) groups is 1. The summed E-state index contributed by atoms with van der Waals surface area (Å²) in [6, 6.07) is 1.77. The van der Waals surface area contributed by atoms with E-state index in [0.29, 0.717) is 0 Å². The van der Waals surface area contributed by atoms with Crippen molar-refractivity contribution < 1.29 is 18.0 Å². The van der Waals surface area contributed by atoms with Crippen molar-refractivity contribution in [1.29, 1.82) is 0 Å². The molecule has 1 saturated heterocycles. The van der Waals surface area contributed by atoms with E-state index >= 15 is 0 Å². The number of amides is 1. The van der Waals surface area contributed by atoms with Crippen molar-refractivity contribution in [3.05, 3.63) is 52.6 Å². The van der Waals surface area contributed by atoms with Crippen LogP contribution in [0.4, 0.5) is 19.0 Å². The van der Waals surface area contributed by atoms with Crippen molar-refractivity contribution in [3.63, 3.8) is 0 Å². The van der Waals surface area contributed by atoms with Gasteiger partial charge in [-0.15, -0.1) is 0 Å². The average molecular weight is 381 g/mol. The van der Waals surface area contributed by atoms with Crippen molar-refractivity contribution in [2.45, 2.75) is 31.2 Å². The Bertz CT molecular complexity index is 851. The average Bonchev–Trinajstić information content (AvgIpc) is 2.64. The zero-order valence-electron chi connectivity index (χ0n) is 14.5. The van der Waals surface area contributed by atoms with Gasteiger partial charge in [0.05, 0.1) is 30.0 Å². The fourth-order valence-corrected chi connectivity index (χ4v) is 2.98. The van der Waals surface area contributed by atoms with E-state index in [1.807, 2.05) is 0 Å². The highest BCUT2D eigenvalue weighted by atomic mass is 19.3. The summed E-state index contributed by atoms with van der Waals surface area (Å²) in [6.07, 6.45) is 2.67. The van der Waals surface area contributed by atoms with Gasteiger partial charge in [-0.1, -0.05) is 0 Å². The number of alkyl halides is 2. The lowest BCUT2D eigenvalue weighted by molar-refractivity contribution is -0.125. The predicted octanol–water partition coefficient (Wildman–Crippen LogP) is 1.76. The molecule has 144 valence electrons. The highest BCUT2D eigenvalue weighted by Gasteiger charge is 2.47. The Hall–Kier alpha value is -2.75. The molecule has 1 aliphatic heterocycles. The zero-order valence-corrected chi connectivity index (χ0v) is 14.5. The summed E-state index contributed by atoms with van der Waals surface area (Å²) >= 11 is 0. The third-order valence-corrected chi connectivity index (χ3v) is 4.62. The lowest BCUT2D eigenvalue weighted by atomic mass is 9.90. The van der Waals surface area contributed by atoms with E-state index in [1.54, 1.807) is 11.8 Å². The van der Waals surface area contributed by atoms with Gasteiger partial charge in [-0.25, -0.2) is 18.2 Å². The van der Waals surface area contributed by atoms with Crippen molar-refractivity contribution in [2.75, 3.05) is 18.4 Å². The number of carbonyl (C=O) groups excluding carboxylic acids is 1. The molecule has 0 radical (unpaired) electrons. The molecule has 0 spiro atoms. The molecule has 2 aromatic heterocycles. The Kier molecular flexibility index (Phi) is 5.26. The van der Waals surface area contributed by atoms with E-state index in [9.17, 15) is 22.8 Å². The topological polar surface area (TPSA) is 91.0 Å². The number of piperidine rings is 1. The summed E-state index contributed by atoms with van der Waals surface area (Å²) in [6.45, 7) is 1.52. The normalized spacial score (nSPS) is 20.8. The molecule has 3 heterocycles. The Labute approximate surface area is 152 Å². The maximum atomic E-state index is 14.4. The number of halogens is 3. The number of pyridine rings is 1. The fraction of sp³-hybridized carbons (Fsp3) is 0.412. The highest BCUT2D eigenvalue weighted by molar-refractivity contribution is 5.93. The van der Waals surface area contributed by atoms with Crippen LogP contribution in [0.5, 0.6) is 0 Å². The second-order valence-electron chi connectivity index (χ2n) is 6.42. The minimum absolute atomic E-state index is 0.0261. The third kappa shape index (κ3) is 4.33. The number of aromatic amines is 1. The SMILES string of the molecule is CC(C(=O)Nc1ccc(F)cn1)N1CCC(F)(F)[C@@H](c2c[nH]c(=O)cn2)C1. The van der Waals surface area contributed by atoms with Crippen molar-refractivity contribution in [3.8, 4) is 0 Å². The maximum absolute atomic E-state index is 14.4. The Morgan fingerprint density at radius 3 is 2.78 bits per heavy atom. The molecule has 2 atom stereocenters. The number of hydrogen-bond donors (Lipinski definition) is 2. The highest BCUT2D eigenvalue weighted by Crippen LogP contribution is 2.39. The molecule has 3 rings (SSSR count). The van der Waals surface area contributed by atoms with E-state index in [-0.39, 0.29) is 24.6 Å². The van der Waals surface area contributed by atoms with Crippen LogP contribution in [0.15, 0.2) is 35.5 Å². The summed E-state index contributed by atoms with van der Waals surface area (Å²) in [5, 5.41) is 2.54. The van der Waals surface area contributed by atoms with Crippen LogP contribution in [-0.2, 0) is 4.79 Å². The van der Waals surface area contributed by atoms with Gasteiger partial charge < -0.3 is 10.3 Å². The molecule has 1 amide bonds. The lowest BCUT2D eigenvalue weighted by Gasteiger charge is -2.40. The number of aromatic nitrogens is 3. The number of anilines is 1. The summed E-state index contributed by atoms with van der Waals surface area (Å²) in [5.74, 6) is -5.05. The van der Waals surface area contributed by atoms with E-state index in [4.69, 9.17) is 0 Å². The van der Waals surface area contributed by atoms with Crippen LogP contribution in [0, 0.1) is 5.82 Å². The number of rotatable bonds is 4. The van der Waals surface area contributed by atoms with Gasteiger partial charge in [0.1, 0.15) is 11.6 Å². The second kappa shape index (κ2) is 7.47. The molecule has 1 unspecified atom stereocenters. The molecule has 1 aliphatic rings. The molecule has 2 aromatic rings. The fourth-order valence-electron chi connectivity index (χ4n) is 2.98. The van der Waals surface area contributed by atoms with Crippen LogP contribution in [0.2, 0.25) is 0 Å². The molecule has 2 N–H and O–H groups in total. The summed E-state index contributed by atoms with van der Waals surface area (Å²) in [4.78, 5) is 35.1. The summed E-state index contributed by atoms with van der Waals surface area (Å²) in [5.41, 5.74) is -0.411. The quantitative estimate of drug-likeness (QED) is 0.842. The van der Waals surface area contributed by atoms with Crippen LogP contribution in [0.1, 0.15) is 25.0 Å². The van der Waals surface area contributed by atoms with Crippen molar-refractivity contribution >= 4 is 11.7 Å². The molecule has 27 heavy (non-hydrogen) atoms. The summed E-state index contributed by atoms with van der Waals surface area (Å²) < 4.78 is 41.6. The smallest absolute Gasteiger partial charge is 0.266 e. The number of hydrogen-bond acceptors (Lipinski definition) is 5. The predicted molar refractivity (Wildman–Crippen MR) is 91.0 cm³/mol. The molecule has 0 aliphatic carbocycles. The largest absolute Gasteiger partial charge is 0.326 e. The molecule has 0 saturated carbocycles. The third-order valence-electron chi connectivity index (χ3n) is 4.62. The van der Waals surface area contributed by atoms with Gasteiger partial charge in [0, 0.05) is 25.7 Å². The first kappa shape index (κ1) is 19.0. The van der Waals surface area contributed by atoms with E-state index in [2.05, 4.69) is 20.3 Å². The Balaban J connectivity index is 1.72. The van der Waals surface area contributed by atoms with Gasteiger partial charge in [-0.05, 0) is 19.1 Å². The van der Waals surface area contributed by atoms with Crippen LogP contribution in [0.25, 0.3) is 0 Å². The molecule has 0 aromatic carbocycles. The van der Waals surface area contributed by atoms with Gasteiger partial charge >= 0.3 is 0 Å². The zero-order chi connectivity index (χ0) is 19.6. The standard InChI is InChI=1S/C17H18F3N5O2/c1-10(16(27)24-14-3-2-11(18)6-22-14)25-5-4-17(19,20)12(9-25)13-7-23-15(26)8-21-13/h2-3,6-8,10,12H,4-5,9H2,1H3,(H,23,26)(H,22,24,27)/t10?,12-/m1/s1. The second-order valence-corrected chi connectivity index (χ2v) is 6.42. The van der Waals surface area contributed by atoms with Crippen LogP contribution in [0.3, 0.4) is 0 Å². The first-order valence-corrected chi connectivity index (χ1v) is 8.35. The number of likely N-dealkylation sites (tertiary alicyclic amines) is 1. The molecule has 10 heteroatoms. The molecule has 0 bridgehead atoms. The minimum atomic E-state index is -3.00. The van der Waals surface area contributed by atoms with Crippen LogP contribution in [-0.4, -0.2) is 50.8 Å². The number of nitrogens with one attached hydrogen (secondary N) is 2. The molecular weight excluding hydrogens is 363 g/mol. The Morgan fingerprint density at radius 2 is 2.15 bits per heavy atom. The van der Waals surface area contributed by atoms with Crippen LogP contribution < -0.4 is 10.9 Å². The summed E-state index contributed by atoms with van der Waals surface area (Å²) in [7, 11) is 0. The van der Waals surface area contributed by atoms with Gasteiger partial charge in [0.2, 0.25) is 5.91 Å². The van der Waals surface area contributed by atoms with E-state index in [1.165, 1.54) is 12.3 Å². The van der Waals surface area contributed by atoms with E-state index < -0.39 is 41.6 Å². The molecular formula is C17H18F3N5O2. The minimum Gasteiger partial charge on any atom is -0.326 e. The van der Waals surface area contributed by atoms with E-state index in [0.717, 1.165) is 18.5 Å².